The van der Waals surface area contributed by atoms with E-state index in [1.807, 2.05) is 53.4 Å². The Balaban J connectivity index is 1.53. The first kappa shape index (κ1) is 17.8. The number of fused-ring (bicyclic) bond motifs is 2. The summed E-state index contributed by atoms with van der Waals surface area (Å²) in [7, 11) is 1.63. The summed E-state index contributed by atoms with van der Waals surface area (Å²) in [6.07, 6.45) is 2.46. The van der Waals surface area contributed by atoms with Crippen LogP contribution in [-0.4, -0.2) is 30.9 Å². The molecule has 2 aromatic heterocycles. The van der Waals surface area contributed by atoms with Crippen LogP contribution < -0.4 is 4.74 Å². The summed E-state index contributed by atoms with van der Waals surface area (Å²) in [5.41, 5.74) is 4.95. The number of hydrogen-bond donors (Lipinski definition) is 1. The van der Waals surface area contributed by atoms with E-state index in [0.717, 1.165) is 35.1 Å². The molecule has 0 unspecified atom stereocenters. The lowest BCUT2D eigenvalue weighted by atomic mass is 10.1. The molecule has 2 aromatic carbocycles. The molecule has 3 heterocycles. The van der Waals surface area contributed by atoms with Crippen molar-refractivity contribution in [2.75, 3.05) is 7.11 Å². The number of hydrogen-bond acceptors (Lipinski definition) is 4. The first-order chi connectivity index (χ1) is 14.2. The van der Waals surface area contributed by atoms with E-state index >= 15 is 0 Å². The van der Waals surface area contributed by atoms with Gasteiger partial charge in [-0.25, -0.2) is 4.98 Å². The Hall–Kier alpha value is -3.32. The summed E-state index contributed by atoms with van der Waals surface area (Å²) in [6, 6.07) is 17.8. The predicted molar refractivity (Wildman–Crippen MR) is 112 cm³/mol. The van der Waals surface area contributed by atoms with Gasteiger partial charge in [0.2, 0.25) is 5.88 Å². The van der Waals surface area contributed by atoms with Gasteiger partial charge in [-0.3, -0.25) is 4.57 Å². The number of nitrogens with zero attached hydrogens (tertiary/aromatic N) is 4. The van der Waals surface area contributed by atoms with Gasteiger partial charge in [0, 0.05) is 18.7 Å². The molecule has 0 fully saturated rings. The lowest BCUT2D eigenvalue weighted by Crippen LogP contribution is -2.16. The van der Waals surface area contributed by atoms with E-state index in [-0.39, 0.29) is 5.88 Å². The second kappa shape index (κ2) is 6.93. The summed E-state index contributed by atoms with van der Waals surface area (Å²) >= 11 is 5.68. The maximum atomic E-state index is 11.0. The molecule has 0 saturated carbocycles. The molecule has 4 aromatic rings. The fourth-order valence-electron chi connectivity index (χ4n) is 3.89. The number of ether oxygens (including phenoxy) is 1. The zero-order chi connectivity index (χ0) is 20.0. The van der Waals surface area contributed by atoms with Crippen LogP contribution in [0.5, 0.6) is 11.6 Å². The Kier molecular flexibility index (Phi) is 4.24. The van der Waals surface area contributed by atoms with E-state index in [0.29, 0.717) is 17.7 Å². The molecule has 1 N–H and O–H groups in total. The standard InChI is InChI=1S/C22H20N4O2S/c1-28-17-9-7-16(8-10-17)26-21(27)20-11-19-18(13-25(20)22(26)29)23-14-24(19)12-15-5-3-2-4-6-15/h2-10,14,27H,11-13H2,1H3. The minimum atomic E-state index is 0.179. The second-order valence-electron chi connectivity index (χ2n) is 7.10. The largest absolute Gasteiger partial charge is 0.497 e. The van der Waals surface area contributed by atoms with E-state index < -0.39 is 0 Å². The number of aromatic hydroxyl groups is 1. The summed E-state index contributed by atoms with van der Waals surface area (Å²) in [4.78, 5) is 4.62. The molecule has 0 radical (unpaired) electrons. The number of aromatic nitrogens is 4. The molecule has 0 spiro atoms. The van der Waals surface area contributed by atoms with Crippen LogP contribution in [0.15, 0.2) is 60.9 Å². The smallest absolute Gasteiger partial charge is 0.218 e. The molecule has 1 aliphatic heterocycles. The van der Waals surface area contributed by atoms with Crippen LogP contribution in [0.25, 0.3) is 5.69 Å². The lowest BCUT2D eigenvalue weighted by molar-refractivity contribution is 0.414. The van der Waals surface area contributed by atoms with Crippen molar-refractivity contribution in [2.45, 2.75) is 19.5 Å². The highest BCUT2D eigenvalue weighted by Gasteiger charge is 2.27. The highest BCUT2D eigenvalue weighted by Crippen LogP contribution is 2.33. The number of methoxy groups -OCH3 is 1. The highest BCUT2D eigenvalue weighted by atomic mass is 32.1. The summed E-state index contributed by atoms with van der Waals surface area (Å²) < 4.78 is 11.6. The van der Waals surface area contributed by atoms with Gasteiger partial charge in [-0.05, 0) is 42.0 Å². The van der Waals surface area contributed by atoms with Crippen molar-refractivity contribution in [3.05, 3.63) is 88.3 Å². The van der Waals surface area contributed by atoms with E-state index in [9.17, 15) is 5.11 Å². The molecule has 1 aliphatic rings. The Bertz CT molecular complexity index is 1240. The maximum absolute atomic E-state index is 11.0. The predicted octanol–water partition coefficient (Wildman–Crippen LogP) is 3.92. The zero-order valence-electron chi connectivity index (χ0n) is 15.9. The molecule has 0 amide bonds. The van der Waals surface area contributed by atoms with Crippen LogP contribution in [0.2, 0.25) is 0 Å². The third kappa shape index (κ3) is 2.94. The monoisotopic (exact) mass is 404 g/mol. The fraction of sp³-hybridized carbons (Fsp3) is 0.182. The van der Waals surface area contributed by atoms with Gasteiger partial charge in [-0.1, -0.05) is 30.3 Å². The van der Waals surface area contributed by atoms with E-state index in [1.54, 1.807) is 11.7 Å². The highest BCUT2D eigenvalue weighted by molar-refractivity contribution is 7.71. The van der Waals surface area contributed by atoms with Gasteiger partial charge in [-0.15, -0.1) is 0 Å². The van der Waals surface area contributed by atoms with Gasteiger partial charge in [0.1, 0.15) is 5.75 Å². The van der Waals surface area contributed by atoms with Crippen LogP contribution in [0.3, 0.4) is 0 Å². The number of imidazole rings is 2. The Labute approximate surface area is 173 Å². The van der Waals surface area contributed by atoms with Gasteiger partial charge in [0.05, 0.1) is 37.1 Å². The number of benzene rings is 2. The first-order valence-corrected chi connectivity index (χ1v) is 9.81. The Morgan fingerprint density at radius 2 is 1.83 bits per heavy atom. The molecule has 5 rings (SSSR count). The molecule has 7 heteroatoms. The van der Waals surface area contributed by atoms with Crippen molar-refractivity contribution in [2.24, 2.45) is 0 Å². The van der Waals surface area contributed by atoms with Crippen molar-refractivity contribution in [1.82, 2.24) is 18.7 Å². The molecule has 29 heavy (non-hydrogen) atoms. The van der Waals surface area contributed by atoms with Crippen LogP contribution in [0, 0.1) is 4.77 Å². The third-order valence-corrected chi connectivity index (χ3v) is 5.82. The molecule has 0 atom stereocenters. The topological polar surface area (TPSA) is 57.1 Å². The molecule has 6 nitrogen and oxygen atoms in total. The van der Waals surface area contributed by atoms with Crippen LogP contribution in [0.4, 0.5) is 0 Å². The molecule has 0 saturated heterocycles. The minimum absolute atomic E-state index is 0.179. The van der Waals surface area contributed by atoms with Crippen molar-refractivity contribution < 1.29 is 9.84 Å². The quantitative estimate of drug-likeness (QED) is 0.461. The Morgan fingerprint density at radius 3 is 2.55 bits per heavy atom. The third-order valence-electron chi connectivity index (χ3n) is 5.42. The van der Waals surface area contributed by atoms with Crippen LogP contribution in [-0.2, 0) is 19.5 Å². The van der Waals surface area contributed by atoms with Crippen molar-refractivity contribution in [3.8, 4) is 17.3 Å². The van der Waals surface area contributed by atoms with Crippen LogP contribution in [0.1, 0.15) is 22.6 Å². The second-order valence-corrected chi connectivity index (χ2v) is 7.47. The van der Waals surface area contributed by atoms with Crippen molar-refractivity contribution >= 4 is 12.2 Å². The van der Waals surface area contributed by atoms with E-state index in [2.05, 4.69) is 21.7 Å². The van der Waals surface area contributed by atoms with Gasteiger partial charge in [-0.2, -0.15) is 0 Å². The zero-order valence-corrected chi connectivity index (χ0v) is 16.8. The van der Waals surface area contributed by atoms with Crippen LogP contribution >= 0.6 is 12.2 Å². The average Bonchev–Trinajstić information content (AvgIpc) is 3.26. The summed E-state index contributed by atoms with van der Waals surface area (Å²) in [5, 5.41) is 11.0. The minimum Gasteiger partial charge on any atom is -0.497 e. The lowest BCUT2D eigenvalue weighted by Gasteiger charge is -2.17. The average molecular weight is 404 g/mol. The number of rotatable bonds is 4. The summed E-state index contributed by atoms with van der Waals surface area (Å²) in [6.45, 7) is 1.31. The maximum Gasteiger partial charge on any atom is 0.218 e. The van der Waals surface area contributed by atoms with Crippen molar-refractivity contribution in [1.29, 1.82) is 0 Å². The van der Waals surface area contributed by atoms with E-state index in [1.165, 1.54) is 5.56 Å². The van der Waals surface area contributed by atoms with Gasteiger partial charge >= 0.3 is 0 Å². The molecular formula is C22H20N4O2S. The van der Waals surface area contributed by atoms with Crippen molar-refractivity contribution in [3.63, 3.8) is 0 Å². The van der Waals surface area contributed by atoms with Gasteiger partial charge in [0.25, 0.3) is 0 Å². The summed E-state index contributed by atoms with van der Waals surface area (Å²) in [5.74, 6) is 0.938. The molecule has 146 valence electrons. The molecule has 0 bridgehead atoms. The molecule has 0 aliphatic carbocycles. The first-order valence-electron chi connectivity index (χ1n) is 9.40. The Morgan fingerprint density at radius 1 is 1.07 bits per heavy atom. The van der Waals surface area contributed by atoms with Gasteiger partial charge in [0.15, 0.2) is 4.77 Å². The normalized spacial score (nSPS) is 12.4. The SMILES string of the molecule is COc1ccc(-n2c(O)c3n(c2=S)Cc2ncn(Cc4ccccc4)c2C3)cc1. The van der Waals surface area contributed by atoms with Gasteiger partial charge < -0.3 is 19.0 Å². The molecular weight excluding hydrogens is 384 g/mol. The fourth-order valence-corrected chi connectivity index (χ4v) is 4.25. The van der Waals surface area contributed by atoms with E-state index in [4.69, 9.17) is 17.0 Å².